The molecule has 1 amide bonds. The van der Waals surface area contributed by atoms with E-state index in [2.05, 4.69) is 52.2 Å². The number of piperidine rings is 1. The zero-order valence-electron chi connectivity index (χ0n) is 15.8. The van der Waals surface area contributed by atoms with Crippen LogP contribution in [-0.2, 0) is 24.9 Å². The van der Waals surface area contributed by atoms with Crippen molar-refractivity contribution < 1.29 is 4.79 Å². The molecule has 0 bridgehead atoms. The molecule has 26 heavy (non-hydrogen) atoms. The van der Waals surface area contributed by atoms with Crippen LogP contribution in [0, 0.1) is 12.3 Å². The summed E-state index contributed by atoms with van der Waals surface area (Å²) >= 11 is 0. The van der Waals surface area contributed by atoms with Gasteiger partial charge in [0.2, 0.25) is 5.91 Å². The van der Waals surface area contributed by atoms with Gasteiger partial charge < -0.3 is 4.90 Å². The van der Waals surface area contributed by atoms with Gasteiger partial charge in [0.15, 0.2) is 0 Å². The molecule has 0 radical (unpaired) electrons. The van der Waals surface area contributed by atoms with Gasteiger partial charge in [-0.15, -0.1) is 0 Å². The Morgan fingerprint density at radius 3 is 2.65 bits per heavy atom. The Hall–Kier alpha value is -2.14. The molecule has 3 heterocycles. The van der Waals surface area contributed by atoms with Crippen LogP contribution in [0.4, 0.5) is 0 Å². The van der Waals surface area contributed by atoms with Gasteiger partial charge in [0.1, 0.15) is 0 Å². The minimum atomic E-state index is 0.184. The van der Waals surface area contributed by atoms with E-state index in [0.717, 1.165) is 52.0 Å². The molecule has 0 N–H and O–H groups in total. The highest BCUT2D eigenvalue weighted by Gasteiger charge is 2.44. The molecule has 2 fully saturated rings. The van der Waals surface area contributed by atoms with Crippen LogP contribution < -0.4 is 0 Å². The summed E-state index contributed by atoms with van der Waals surface area (Å²) in [6.45, 7) is 6.86. The zero-order valence-corrected chi connectivity index (χ0v) is 15.8. The van der Waals surface area contributed by atoms with Crippen molar-refractivity contribution in [2.24, 2.45) is 12.5 Å². The number of hydrogen-bond donors (Lipinski definition) is 0. The summed E-state index contributed by atoms with van der Waals surface area (Å²) in [7, 11) is 2.00. The zero-order chi connectivity index (χ0) is 18.1. The van der Waals surface area contributed by atoms with E-state index in [1.807, 2.05) is 17.9 Å². The highest BCUT2D eigenvalue weighted by Crippen LogP contribution is 2.41. The molecule has 2 aromatic rings. The molecule has 138 valence electrons. The molecule has 0 aliphatic carbocycles. The first kappa shape index (κ1) is 17.3. The monoisotopic (exact) mass is 352 g/mol. The minimum absolute atomic E-state index is 0.184. The lowest BCUT2D eigenvalue weighted by Gasteiger charge is -2.38. The Kier molecular flexibility index (Phi) is 4.57. The van der Waals surface area contributed by atoms with E-state index in [4.69, 9.17) is 0 Å². The standard InChI is InChI=1S/C21H28N4O/c1-17-4-3-5-18(12-17)14-25-16-21(13-20(25)26)7-10-24(11-8-21)15-19-6-9-22-23(19)2/h3-6,9,12H,7-8,10-11,13-16H2,1-2H3. The molecule has 4 rings (SSSR count). The van der Waals surface area contributed by atoms with Gasteiger partial charge in [-0.1, -0.05) is 29.8 Å². The quantitative estimate of drug-likeness (QED) is 0.850. The van der Waals surface area contributed by atoms with E-state index in [9.17, 15) is 4.79 Å². The summed E-state index contributed by atoms with van der Waals surface area (Å²) in [4.78, 5) is 17.2. The fourth-order valence-electron chi connectivity index (χ4n) is 4.46. The van der Waals surface area contributed by atoms with Crippen molar-refractivity contribution in [3.05, 3.63) is 53.3 Å². The Bertz CT molecular complexity index is 789. The largest absolute Gasteiger partial charge is 0.338 e. The Balaban J connectivity index is 1.35. The topological polar surface area (TPSA) is 41.4 Å². The molecule has 2 aliphatic rings. The molecular formula is C21H28N4O. The molecule has 0 atom stereocenters. The molecule has 5 heteroatoms. The van der Waals surface area contributed by atoms with Crippen molar-refractivity contribution in [3.8, 4) is 0 Å². The van der Waals surface area contributed by atoms with Gasteiger partial charge in [0, 0.05) is 39.3 Å². The second kappa shape index (κ2) is 6.88. The smallest absolute Gasteiger partial charge is 0.223 e. The number of aryl methyl sites for hydroxylation is 2. The number of nitrogens with zero attached hydrogens (tertiary/aromatic N) is 4. The molecule has 0 unspecified atom stereocenters. The number of carbonyl (C=O) groups is 1. The maximum absolute atomic E-state index is 12.6. The first-order valence-electron chi connectivity index (χ1n) is 9.56. The van der Waals surface area contributed by atoms with Crippen LogP contribution in [0.15, 0.2) is 36.5 Å². The molecular weight excluding hydrogens is 324 g/mol. The lowest BCUT2D eigenvalue weighted by atomic mass is 9.77. The summed E-state index contributed by atoms with van der Waals surface area (Å²) in [5, 5.41) is 4.26. The second-order valence-corrected chi connectivity index (χ2v) is 8.14. The summed E-state index contributed by atoms with van der Waals surface area (Å²) < 4.78 is 1.95. The number of rotatable bonds is 4. The molecule has 2 aliphatic heterocycles. The van der Waals surface area contributed by atoms with Gasteiger partial charge in [0.05, 0.1) is 5.69 Å². The molecule has 0 saturated carbocycles. The van der Waals surface area contributed by atoms with Gasteiger partial charge in [-0.2, -0.15) is 5.10 Å². The molecule has 5 nitrogen and oxygen atoms in total. The van der Waals surface area contributed by atoms with E-state index in [1.54, 1.807) is 0 Å². The fraction of sp³-hybridized carbons (Fsp3) is 0.524. The second-order valence-electron chi connectivity index (χ2n) is 8.14. The predicted molar refractivity (Wildman–Crippen MR) is 101 cm³/mol. The summed E-state index contributed by atoms with van der Waals surface area (Å²) in [5.74, 6) is 0.326. The average Bonchev–Trinajstić information content (AvgIpc) is 3.14. The van der Waals surface area contributed by atoms with Crippen molar-refractivity contribution in [2.45, 2.75) is 39.3 Å². The van der Waals surface area contributed by atoms with Crippen LogP contribution in [0.3, 0.4) is 0 Å². The number of carbonyl (C=O) groups excluding carboxylic acids is 1. The number of likely N-dealkylation sites (tertiary alicyclic amines) is 2. The Labute approximate surface area is 155 Å². The maximum Gasteiger partial charge on any atom is 0.223 e. The molecule has 1 aromatic carbocycles. The fourth-order valence-corrected chi connectivity index (χ4v) is 4.46. The summed E-state index contributed by atoms with van der Waals surface area (Å²) in [6, 6.07) is 10.6. The number of aromatic nitrogens is 2. The predicted octanol–water partition coefficient (Wildman–Crippen LogP) is 2.74. The van der Waals surface area contributed by atoms with E-state index >= 15 is 0 Å². The van der Waals surface area contributed by atoms with Crippen molar-refractivity contribution in [3.63, 3.8) is 0 Å². The van der Waals surface area contributed by atoms with Gasteiger partial charge in [-0.25, -0.2) is 0 Å². The van der Waals surface area contributed by atoms with Crippen LogP contribution in [0.2, 0.25) is 0 Å². The highest BCUT2D eigenvalue weighted by atomic mass is 16.2. The molecule has 1 aromatic heterocycles. The maximum atomic E-state index is 12.6. The van der Waals surface area contributed by atoms with Crippen LogP contribution >= 0.6 is 0 Å². The van der Waals surface area contributed by atoms with Crippen LogP contribution in [-0.4, -0.2) is 45.1 Å². The van der Waals surface area contributed by atoms with Gasteiger partial charge >= 0.3 is 0 Å². The molecule has 2 saturated heterocycles. The average molecular weight is 352 g/mol. The van der Waals surface area contributed by atoms with E-state index in [1.165, 1.54) is 16.8 Å². The Morgan fingerprint density at radius 2 is 1.96 bits per heavy atom. The first-order chi connectivity index (χ1) is 12.5. The number of amides is 1. The van der Waals surface area contributed by atoms with Crippen molar-refractivity contribution >= 4 is 5.91 Å². The van der Waals surface area contributed by atoms with E-state index in [0.29, 0.717) is 5.91 Å². The Morgan fingerprint density at radius 1 is 1.15 bits per heavy atom. The lowest BCUT2D eigenvalue weighted by Crippen LogP contribution is -2.41. The van der Waals surface area contributed by atoms with Gasteiger partial charge in [0.25, 0.3) is 0 Å². The van der Waals surface area contributed by atoms with Crippen LogP contribution in [0.1, 0.15) is 36.1 Å². The lowest BCUT2D eigenvalue weighted by molar-refractivity contribution is -0.128. The summed E-state index contributed by atoms with van der Waals surface area (Å²) in [5.41, 5.74) is 3.94. The summed E-state index contributed by atoms with van der Waals surface area (Å²) in [6.07, 6.45) is 4.81. The minimum Gasteiger partial charge on any atom is -0.338 e. The van der Waals surface area contributed by atoms with E-state index < -0.39 is 0 Å². The van der Waals surface area contributed by atoms with Gasteiger partial charge in [-0.05, 0) is 49.9 Å². The van der Waals surface area contributed by atoms with Crippen molar-refractivity contribution in [2.75, 3.05) is 19.6 Å². The normalized spacial score (nSPS) is 20.2. The third-order valence-corrected chi connectivity index (χ3v) is 6.09. The van der Waals surface area contributed by atoms with Gasteiger partial charge in [-0.3, -0.25) is 14.4 Å². The highest BCUT2D eigenvalue weighted by molar-refractivity contribution is 5.79. The van der Waals surface area contributed by atoms with Crippen LogP contribution in [0.5, 0.6) is 0 Å². The SMILES string of the molecule is Cc1cccc(CN2CC3(CCN(Cc4ccnn4C)CC3)CC2=O)c1. The first-order valence-corrected chi connectivity index (χ1v) is 9.56. The van der Waals surface area contributed by atoms with Crippen molar-refractivity contribution in [1.29, 1.82) is 0 Å². The van der Waals surface area contributed by atoms with Crippen molar-refractivity contribution in [1.82, 2.24) is 19.6 Å². The molecule has 1 spiro atoms. The number of benzene rings is 1. The third-order valence-electron chi connectivity index (χ3n) is 6.09. The third kappa shape index (κ3) is 3.54. The van der Waals surface area contributed by atoms with E-state index in [-0.39, 0.29) is 5.41 Å². The van der Waals surface area contributed by atoms with Crippen LogP contribution in [0.25, 0.3) is 0 Å². The number of hydrogen-bond acceptors (Lipinski definition) is 3.